The monoisotopic (exact) mass is 154 g/mol. The molecule has 0 radical (unpaired) electrons. The van der Waals surface area contributed by atoms with E-state index < -0.39 is 0 Å². The largest absolute Gasteiger partial charge is 0.378 e. The Bertz CT molecular complexity index is 142. The van der Waals surface area contributed by atoms with Gasteiger partial charge in [0.25, 0.3) is 0 Å². The average molecular weight is 154 g/mol. The van der Waals surface area contributed by atoms with Crippen molar-refractivity contribution in [1.82, 2.24) is 0 Å². The zero-order valence-corrected chi connectivity index (χ0v) is 7.71. The molecule has 4 atom stereocenters. The van der Waals surface area contributed by atoms with E-state index in [4.69, 9.17) is 4.74 Å². The summed E-state index contributed by atoms with van der Waals surface area (Å²) in [4.78, 5) is 0. The Morgan fingerprint density at radius 1 is 1.36 bits per heavy atom. The Kier molecular flexibility index (Phi) is 2.72. The van der Waals surface area contributed by atoms with E-state index in [1.54, 1.807) is 0 Å². The van der Waals surface area contributed by atoms with Crippen LogP contribution < -0.4 is 0 Å². The van der Waals surface area contributed by atoms with Crippen LogP contribution >= 0.6 is 0 Å². The Labute approximate surface area is 69.4 Å². The van der Waals surface area contributed by atoms with Crippen molar-refractivity contribution in [2.45, 2.75) is 26.9 Å². The molecule has 1 nitrogen and oxygen atoms in total. The molecule has 0 aliphatic carbocycles. The van der Waals surface area contributed by atoms with Gasteiger partial charge < -0.3 is 4.74 Å². The summed E-state index contributed by atoms with van der Waals surface area (Å²) in [6.07, 6.45) is 2.39. The van der Waals surface area contributed by atoms with Crippen LogP contribution in [0.25, 0.3) is 0 Å². The van der Waals surface area contributed by atoms with Crippen molar-refractivity contribution in [3.8, 4) is 0 Å². The molecule has 0 N–H and O–H groups in total. The van der Waals surface area contributed by atoms with Crippen molar-refractivity contribution in [3.05, 3.63) is 12.7 Å². The fourth-order valence-electron chi connectivity index (χ4n) is 1.78. The number of rotatable bonds is 1. The Balaban J connectivity index is 2.62. The third kappa shape index (κ3) is 1.64. The van der Waals surface area contributed by atoms with Gasteiger partial charge in [-0.3, -0.25) is 0 Å². The number of ether oxygens (including phenoxy) is 1. The highest BCUT2D eigenvalue weighted by atomic mass is 16.5. The number of hydrogen-bond acceptors (Lipinski definition) is 1. The second-order valence-electron chi connectivity index (χ2n) is 3.69. The topological polar surface area (TPSA) is 9.23 Å². The summed E-state index contributed by atoms with van der Waals surface area (Å²) in [5, 5.41) is 0. The minimum atomic E-state index is 0.360. The second kappa shape index (κ2) is 3.40. The molecule has 0 amide bonds. The predicted octanol–water partition coefficient (Wildman–Crippen LogP) is 2.48. The summed E-state index contributed by atoms with van der Waals surface area (Å²) >= 11 is 0. The molecular weight excluding hydrogens is 136 g/mol. The molecule has 0 bridgehead atoms. The molecule has 1 fully saturated rings. The van der Waals surface area contributed by atoms with Gasteiger partial charge in [0.15, 0.2) is 0 Å². The molecule has 1 rings (SSSR count). The summed E-state index contributed by atoms with van der Waals surface area (Å²) in [6, 6.07) is 0. The van der Waals surface area contributed by atoms with Gasteiger partial charge in [-0.1, -0.05) is 19.9 Å². The summed E-state index contributed by atoms with van der Waals surface area (Å²) in [5.74, 6) is 1.93. The molecule has 1 heterocycles. The zero-order chi connectivity index (χ0) is 8.43. The third-order valence-corrected chi connectivity index (χ3v) is 2.94. The van der Waals surface area contributed by atoms with Crippen molar-refractivity contribution in [3.63, 3.8) is 0 Å². The lowest BCUT2D eigenvalue weighted by Crippen LogP contribution is -2.37. The van der Waals surface area contributed by atoms with Gasteiger partial charge in [-0.2, -0.15) is 0 Å². The number of hydrogen-bond donors (Lipinski definition) is 0. The van der Waals surface area contributed by atoms with E-state index in [1.165, 1.54) is 0 Å². The smallest absolute Gasteiger partial charge is 0.0612 e. The molecule has 64 valence electrons. The minimum Gasteiger partial charge on any atom is -0.378 e. The zero-order valence-electron chi connectivity index (χ0n) is 7.71. The van der Waals surface area contributed by atoms with Gasteiger partial charge in [0.1, 0.15) is 0 Å². The molecular formula is C10H18O. The van der Waals surface area contributed by atoms with Crippen LogP contribution in [0.5, 0.6) is 0 Å². The van der Waals surface area contributed by atoms with E-state index in [0.717, 1.165) is 12.5 Å². The quantitative estimate of drug-likeness (QED) is 0.527. The molecule has 1 aliphatic heterocycles. The molecule has 1 aliphatic rings. The van der Waals surface area contributed by atoms with Gasteiger partial charge in [-0.25, -0.2) is 0 Å². The maximum Gasteiger partial charge on any atom is 0.0612 e. The predicted molar refractivity (Wildman–Crippen MR) is 47.4 cm³/mol. The van der Waals surface area contributed by atoms with Crippen molar-refractivity contribution in [2.24, 2.45) is 17.8 Å². The van der Waals surface area contributed by atoms with Gasteiger partial charge >= 0.3 is 0 Å². The van der Waals surface area contributed by atoms with Crippen LogP contribution in [0.3, 0.4) is 0 Å². The Morgan fingerprint density at radius 3 is 2.45 bits per heavy atom. The van der Waals surface area contributed by atoms with Crippen LogP contribution in [-0.2, 0) is 4.74 Å². The highest BCUT2D eigenvalue weighted by Gasteiger charge is 2.30. The van der Waals surface area contributed by atoms with E-state index in [9.17, 15) is 0 Å². The van der Waals surface area contributed by atoms with Gasteiger partial charge in [0.2, 0.25) is 0 Å². The average Bonchev–Trinajstić information content (AvgIpc) is 1.99. The second-order valence-corrected chi connectivity index (χ2v) is 3.69. The van der Waals surface area contributed by atoms with Crippen LogP contribution in [0, 0.1) is 17.8 Å². The van der Waals surface area contributed by atoms with Crippen molar-refractivity contribution < 1.29 is 4.74 Å². The summed E-state index contributed by atoms with van der Waals surface area (Å²) in [5.41, 5.74) is 0. The van der Waals surface area contributed by atoms with Crippen LogP contribution in [0.2, 0.25) is 0 Å². The normalized spacial score (nSPS) is 45.4. The molecule has 0 spiro atoms. The standard InChI is InChI=1S/C10H18O/c1-5-10-8(3)7(2)6-11-9(10)4/h5,7-10H,1,6H2,2-4H3. The van der Waals surface area contributed by atoms with Crippen LogP contribution in [0.4, 0.5) is 0 Å². The first kappa shape index (κ1) is 8.79. The molecule has 11 heavy (non-hydrogen) atoms. The lowest BCUT2D eigenvalue weighted by molar-refractivity contribution is -0.0561. The lowest BCUT2D eigenvalue weighted by atomic mass is 9.79. The Morgan fingerprint density at radius 2 is 2.00 bits per heavy atom. The van der Waals surface area contributed by atoms with Crippen LogP contribution in [0.15, 0.2) is 12.7 Å². The first-order valence-corrected chi connectivity index (χ1v) is 4.41. The summed E-state index contributed by atoms with van der Waals surface area (Å²) in [7, 11) is 0. The van der Waals surface area contributed by atoms with Crippen LogP contribution in [-0.4, -0.2) is 12.7 Å². The van der Waals surface area contributed by atoms with E-state index >= 15 is 0 Å². The maximum atomic E-state index is 5.59. The van der Waals surface area contributed by atoms with Gasteiger partial charge in [-0.15, -0.1) is 6.58 Å². The fraction of sp³-hybridized carbons (Fsp3) is 0.800. The fourth-order valence-corrected chi connectivity index (χ4v) is 1.78. The summed E-state index contributed by atoms with van der Waals surface area (Å²) in [6.45, 7) is 11.4. The first-order valence-electron chi connectivity index (χ1n) is 4.41. The summed E-state index contributed by atoms with van der Waals surface area (Å²) < 4.78 is 5.59. The molecule has 4 unspecified atom stereocenters. The maximum absolute atomic E-state index is 5.59. The van der Waals surface area contributed by atoms with Crippen LogP contribution in [0.1, 0.15) is 20.8 Å². The SMILES string of the molecule is C=CC1C(C)OCC(C)C1C. The van der Waals surface area contributed by atoms with Gasteiger partial charge in [0.05, 0.1) is 6.10 Å². The van der Waals surface area contributed by atoms with Crippen molar-refractivity contribution in [1.29, 1.82) is 0 Å². The van der Waals surface area contributed by atoms with E-state index in [1.807, 2.05) is 6.08 Å². The van der Waals surface area contributed by atoms with Crippen molar-refractivity contribution in [2.75, 3.05) is 6.61 Å². The Hall–Kier alpha value is -0.300. The highest BCUT2D eigenvalue weighted by Crippen LogP contribution is 2.31. The minimum absolute atomic E-state index is 0.360. The third-order valence-electron chi connectivity index (χ3n) is 2.94. The van der Waals surface area contributed by atoms with E-state index in [0.29, 0.717) is 17.9 Å². The molecule has 1 heteroatoms. The molecule has 0 saturated carbocycles. The van der Waals surface area contributed by atoms with Gasteiger partial charge in [0, 0.05) is 12.5 Å². The lowest BCUT2D eigenvalue weighted by Gasteiger charge is -2.37. The highest BCUT2D eigenvalue weighted by molar-refractivity contribution is 4.91. The molecule has 0 aromatic carbocycles. The van der Waals surface area contributed by atoms with Gasteiger partial charge in [-0.05, 0) is 18.8 Å². The van der Waals surface area contributed by atoms with E-state index in [-0.39, 0.29) is 0 Å². The molecule has 0 aromatic rings. The first-order chi connectivity index (χ1) is 5.16. The molecule has 1 saturated heterocycles. The molecule has 0 aromatic heterocycles. The van der Waals surface area contributed by atoms with E-state index in [2.05, 4.69) is 27.4 Å². The van der Waals surface area contributed by atoms with Crippen molar-refractivity contribution >= 4 is 0 Å².